The Hall–Kier alpha value is -3.76. The molecule has 10 heteroatoms. The summed E-state index contributed by atoms with van der Waals surface area (Å²) in [5.41, 5.74) is 7.72. The zero-order chi connectivity index (χ0) is 24.1. The van der Waals surface area contributed by atoms with E-state index < -0.39 is 10.0 Å². The number of aromatic nitrogens is 1. The maximum absolute atomic E-state index is 12.9. The molecule has 0 bridgehead atoms. The first-order valence-electron chi connectivity index (χ1n) is 10.8. The first kappa shape index (κ1) is 23.4. The van der Waals surface area contributed by atoms with Crippen molar-refractivity contribution in [1.82, 2.24) is 9.88 Å². The minimum absolute atomic E-state index is 0.0350. The minimum atomic E-state index is -3.80. The number of nitrogens with zero attached hydrogens (tertiary/aromatic N) is 2. The van der Waals surface area contributed by atoms with Crippen LogP contribution in [0.1, 0.15) is 28.8 Å². The molecule has 0 radical (unpaired) electrons. The summed E-state index contributed by atoms with van der Waals surface area (Å²) in [7, 11) is -3.80. The average Bonchev–Trinajstić information content (AvgIpc) is 3.29. The lowest BCUT2D eigenvalue weighted by molar-refractivity contribution is -0.122. The highest BCUT2D eigenvalue weighted by Gasteiger charge is 2.29. The van der Waals surface area contributed by atoms with Crippen LogP contribution >= 0.6 is 0 Å². The first-order chi connectivity index (χ1) is 16.3. The third-order valence-corrected chi connectivity index (χ3v) is 7.09. The number of nitrogens with two attached hydrogens (primary N) is 1. The van der Waals surface area contributed by atoms with E-state index in [1.165, 1.54) is 36.7 Å². The van der Waals surface area contributed by atoms with Gasteiger partial charge in [-0.25, -0.2) is 8.42 Å². The normalized spacial score (nSPS) is 16.2. The number of likely N-dealkylation sites (tertiary alicyclic amines) is 1. The van der Waals surface area contributed by atoms with Crippen LogP contribution in [0.2, 0.25) is 0 Å². The Morgan fingerprint density at radius 3 is 2.44 bits per heavy atom. The van der Waals surface area contributed by atoms with Gasteiger partial charge >= 0.3 is 0 Å². The van der Waals surface area contributed by atoms with Crippen molar-refractivity contribution in [3.8, 4) is 0 Å². The number of carbonyl (C=O) groups is 2. The van der Waals surface area contributed by atoms with E-state index in [1.54, 1.807) is 18.2 Å². The lowest BCUT2D eigenvalue weighted by Crippen LogP contribution is -2.39. The predicted molar refractivity (Wildman–Crippen MR) is 129 cm³/mol. The van der Waals surface area contributed by atoms with Crippen molar-refractivity contribution in [2.75, 3.05) is 16.6 Å². The predicted octanol–water partition coefficient (Wildman–Crippen LogP) is 2.58. The number of nitrogens with one attached hydrogen (secondary N) is 2. The zero-order valence-electron chi connectivity index (χ0n) is 18.3. The molecule has 1 saturated heterocycles. The molecule has 34 heavy (non-hydrogen) atoms. The summed E-state index contributed by atoms with van der Waals surface area (Å²) in [6, 6.07) is 15.8. The third kappa shape index (κ3) is 5.41. The summed E-state index contributed by atoms with van der Waals surface area (Å²) >= 11 is 0. The van der Waals surface area contributed by atoms with E-state index in [0.717, 1.165) is 24.9 Å². The van der Waals surface area contributed by atoms with E-state index >= 15 is 0 Å². The molecule has 1 unspecified atom stereocenters. The first-order valence-corrected chi connectivity index (χ1v) is 12.3. The molecule has 0 aliphatic carbocycles. The molecule has 1 fully saturated rings. The van der Waals surface area contributed by atoms with Crippen LogP contribution in [0.15, 0.2) is 78.0 Å². The Morgan fingerprint density at radius 1 is 1.03 bits per heavy atom. The van der Waals surface area contributed by atoms with Crippen molar-refractivity contribution in [2.45, 2.75) is 30.3 Å². The van der Waals surface area contributed by atoms with Gasteiger partial charge in [0.1, 0.15) is 0 Å². The largest absolute Gasteiger partial charge is 0.368 e. The molecule has 4 N–H and O–H groups in total. The molecule has 1 aromatic heterocycles. The fourth-order valence-corrected chi connectivity index (χ4v) is 5.01. The summed E-state index contributed by atoms with van der Waals surface area (Å²) in [5, 5.41) is 2.89. The highest BCUT2D eigenvalue weighted by atomic mass is 32.2. The molecule has 9 nitrogen and oxygen atoms in total. The van der Waals surface area contributed by atoms with Crippen molar-refractivity contribution in [3.63, 3.8) is 0 Å². The maximum Gasteiger partial charge on any atom is 0.261 e. The number of carbonyl (C=O) groups excluding carboxylic acids is 2. The molecule has 2 aromatic carbocycles. The SMILES string of the molecule is NC(=O)C1CCCN1Cc1ccccc1NC(=O)c1ccc(S(=O)(=O)Nc2ccncc2)cc1. The van der Waals surface area contributed by atoms with Gasteiger partial charge in [0.25, 0.3) is 15.9 Å². The van der Waals surface area contributed by atoms with Gasteiger partial charge in [0, 0.05) is 30.2 Å². The number of primary amides is 1. The lowest BCUT2D eigenvalue weighted by atomic mass is 10.1. The topological polar surface area (TPSA) is 134 Å². The molecule has 2 amide bonds. The summed E-state index contributed by atoms with van der Waals surface area (Å²) in [6.45, 7) is 1.25. The fourth-order valence-electron chi connectivity index (χ4n) is 3.95. The Labute approximate surface area is 198 Å². The molecular weight excluding hydrogens is 454 g/mol. The second kappa shape index (κ2) is 10.0. The number of para-hydroxylation sites is 1. The van der Waals surface area contributed by atoms with Crippen LogP contribution in [0.25, 0.3) is 0 Å². The zero-order valence-corrected chi connectivity index (χ0v) is 19.2. The molecule has 0 spiro atoms. The minimum Gasteiger partial charge on any atom is -0.368 e. The summed E-state index contributed by atoms with van der Waals surface area (Å²) in [5.74, 6) is -0.709. The van der Waals surface area contributed by atoms with Crippen LogP contribution < -0.4 is 15.8 Å². The maximum atomic E-state index is 12.9. The van der Waals surface area contributed by atoms with E-state index in [2.05, 4.69) is 15.0 Å². The van der Waals surface area contributed by atoms with Gasteiger partial charge in [0.2, 0.25) is 5.91 Å². The third-order valence-electron chi connectivity index (χ3n) is 5.69. The van der Waals surface area contributed by atoms with Gasteiger partial charge in [0.05, 0.1) is 16.6 Å². The molecule has 1 aliphatic rings. The number of anilines is 2. The molecule has 3 aromatic rings. The van der Waals surface area contributed by atoms with E-state index in [0.29, 0.717) is 23.5 Å². The lowest BCUT2D eigenvalue weighted by Gasteiger charge is -2.23. The number of rotatable bonds is 8. The monoisotopic (exact) mass is 479 g/mol. The smallest absolute Gasteiger partial charge is 0.261 e. The number of sulfonamides is 1. The molecule has 1 aliphatic heterocycles. The van der Waals surface area contributed by atoms with E-state index in [-0.39, 0.29) is 22.8 Å². The quantitative estimate of drug-likeness (QED) is 0.455. The summed E-state index contributed by atoms with van der Waals surface area (Å²) < 4.78 is 27.6. The number of hydrogen-bond acceptors (Lipinski definition) is 6. The highest BCUT2D eigenvalue weighted by Crippen LogP contribution is 2.24. The van der Waals surface area contributed by atoms with Gasteiger partial charge in [-0.2, -0.15) is 0 Å². The van der Waals surface area contributed by atoms with Crippen molar-refractivity contribution in [1.29, 1.82) is 0 Å². The van der Waals surface area contributed by atoms with E-state index in [9.17, 15) is 18.0 Å². The van der Waals surface area contributed by atoms with Gasteiger partial charge in [-0.05, 0) is 67.4 Å². The molecule has 4 rings (SSSR count). The Morgan fingerprint density at radius 2 is 1.74 bits per heavy atom. The fraction of sp³-hybridized carbons (Fsp3) is 0.208. The van der Waals surface area contributed by atoms with Crippen LogP contribution in [0.5, 0.6) is 0 Å². The molecule has 0 saturated carbocycles. The standard InChI is InChI=1S/C24H25N5O4S/c25-23(30)22-6-3-15-29(22)16-18-4-1-2-5-21(18)27-24(31)17-7-9-20(10-8-17)34(32,33)28-19-11-13-26-14-12-19/h1-2,4-5,7-14,22H,3,6,15-16H2,(H2,25,30)(H,26,28)(H,27,31). The van der Waals surface area contributed by atoms with Crippen LogP contribution in [0, 0.1) is 0 Å². The molecule has 2 heterocycles. The summed E-state index contributed by atoms with van der Waals surface area (Å²) in [6.07, 6.45) is 4.60. The van der Waals surface area contributed by atoms with Crippen molar-refractivity contribution in [3.05, 3.63) is 84.2 Å². The van der Waals surface area contributed by atoms with Crippen LogP contribution in [-0.2, 0) is 21.4 Å². The molecule has 1 atom stereocenters. The van der Waals surface area contributed by atoms with Gasteiger partial charge in [0.15, 0.2) is 0 Å². The second-order valence-corrected chi connectivity index (χ2v) is 9.69. The Kier molecular flexibility index (Phi) is 6.90. The molecular formula is C24H25N5O4S. The van der Waals surface area contributed by atoms with Crippen LogP contribution in [-0.4, -0.2) is 42.7 Å². The van der Waals surface area contributed by atoms with Gasteiger partial charge < -0.3 is 11.1 Å². The Bertz CT molecular complexity index is 1280. The van der Waals surface area contributed by atoms with Gasteiger partial charge in [-0.1, -0.05) is 18.2 Å². The second-order valence-electron chi connectivity index (χ2n) is 8.01. The van der Waals surface area contributed by atoms with E-state index in [4.69, 9.17) is 5.73 Å². The van der Waals surface area contributed by atoms with Gasteiger partial charge in [-0.15, -0.1) is 0 Å². The summed E-state index contributed by atoms with van der Waals surface area (Å²) in [4.78, 5) is 30.5. The van der Waals surface area contributed by atoms with Crippen molar-refractivity contribution >= 4 is 33.2 Å². The number of benzene rings is 2. The Balaban J connectivity index is 1.46. The average molecular weight is 480 g/mol. The number of pyridine rings is 1. The highest BCUT2D eigenvalue weighted by molar-refractivity contribution is 7.92. The number of hydrogen-bond donors (Lipinski definition) is 3. The van der Waals surface area contributed by atoms with Gasteiger partial charge in [-0.3, -0.25) is 24.2 Å². The van der Waals surface area contributed by atoms with E-state index in [1.807, 2.05) is 23.1 Å². The molecule has 176 valence electrons. The number of amides is 2. The van der Waals surface area contributed by atoms with Crippen LogP contribution in [0.4, 0.5) is 11.4 Å². The van der Waals surface area contributed by atoms with Crippen molar-refractivity contribution < 1.29 is 18.0 Å². The van der Waals surface area contributed by atoms with Crippen molar-refractivity contribution in [2.24, 2.45) is 5.73 Å². The van der Waals surface area contributed by atoms with Crippen LogP contribution in [0.3, 0.4) is 0 Å².